The number of hydrogen-bond acceptors (Lipinski definition) is 7. The van der Waals surface area contributed by atoms with Crippen molar-refractivity contribution in [3.8, 4) is 17.2 Å². The van der Waals surface area contributed by atoms with E-state index in [9.17, 15) is 14.4 Å². The summed E-state index contributed by atoms with van der Waals surface area (Å²) in [6, 6.07) is 11.8. The van der Waals surface area contributed by atoms with Crippen molar-refractivity contribution in [2.75, 3.05) is 13.4 Å². The SMILES string of the molecule is CC(=O)c1ccc(OCC(=O)O[C@H](C)C(=O)NCc2ccc3c(c2)OCO3)cc1. The number of Topliss-reactive ketones (excluding diaryl/α,β-unsaturated/α-hetero) is 1. The highest BCUT2D eigenvalue weighted by molar-refractivity contribution is 5.94. The van der Waals surface area contributed by atoms with Gasteiger partial charge in [0.25, 0.3) is 5.91 Å². The van der Waals surface area contributed by atoms with E-state index in [4.69, 9.17) is 18.9 Å². The summed E-state index contributed by atoms with van der Waals surface area (Å²) in [5.74, 6) is 0.555. The fourth-order valence-corrected chi connectivity index (χ4v) is 2.60. The Hall–Kier alpha value is -3.55. The first-order valence-electron chi connectivity index (χ1n) is 9.02. The standard InChI is InChI=1S/C21H21NO7/c1-13(23)16-4-6-17(7-5-16)26-11-20(24)29-14(2)21(25)22-10-15-3-8-18-19(9-15)28-12-27-18/h3-9,14H,10-12H2,1-2H3,(H,22,25)/t14-/m1/s1. The van der Waals surface area contributed by atoms with Gasteiger partial charge in [-0.2, -0.15) is 0 Å². The largest absolute Gasteiger partial charge is 0.482 e. The van der Waals surface area contributed by atoms with Crippen LogP contribution >= 0.6 is 0 Å². The number of carbonyl (C=O) groups excluding carboxylic acids is 3. The summed E-state index contributed by atoms with van der Waals surface area (Å²) >= 11 is 0. The molecule has 29 heavy (non-hydrogen) atoms. The number of hydrogen-bond donors (Lipinski definition) is 1. The smallest absolute Gasteiger partial charge is 0.344 e. The van der Waals surface area contributed by atoms with Crippen molar-refractivity contribution in [2.24, 2.45) is 0 Å². The van der Waals surface area contributed by atoms with E-state index < -0.39 is 18.0 Å². The van der Waals surface area contributed by atoms with Crippen molar-refractivity contribution in [1.82, 2.24) is 5.32 Å². The average Bonchev–Trinajstić information content (AvgIpc) is 3.18. The second kappa shape index (κ2) is 9.09. The maximum absolute atomic E-state index is 12.1. The Morgan fingerprint density at radius 1 is 1.07 bits per heavy atom. The van der Waals surface area contributed by atoms with Crippen LogP contribution in [0.2, 0.25) is 0 Å². The summed E-state index contributed by atoms with van der Waals surface area (Å²) in [6.07, 6.45) is -0.972. The molecule has 0 aliphatic carbocycles. The predicted molar refractivity (Wildman–Crippen MR) is 102 cm³/mol. The number of carbonyl (C=O) groups is 3. The lowest BCUT2D eigenvalue weighted by Crippen LogP contribution is -2.36. The Morgan fingerprint density at radius 2 is 1.79 bits per heavy atom. The van der Waals surface area contributed by atoms with Crippen LogP contribution in [0.4, 0.5) is 0 Å². The number of nitrogens with one attached hydrogen (secondary N) is 1. The third-order valence-electron chi connectivity index (χ3n) is 4.20. The van der Waals surface area contributed by atoms with Gasteiger partial charge in [0.2, 0.25) is 6.79 Å². The molecule has 152 valence electrons. The lowest BCUT2D eigenvalue weighted by atomic mass is 10.1. The first-order chi connectivity index (χ1) is 13.9. The summed E-state index contributed by atoms with van der Waals surface area (Å²) in [7, 11) is 0. The van der Waals surface area contributed by atoms with Gasteiger partial charge in [0, 0.05) is 12.1 Å². The van der Waals surface area contributed by atoms with Crippen LogP contribution in [0.1, 0.15) is 29.8 Å². The monoisotopic (exact) mass is 399 g/mol. The molecule has 0 radical (unpaired) electrons. The van der Waals surface area contributed by atoms with E-state index in [2.05, 4.69) is 5.32 Å². The van der Waals surface area contributed by atoms with Crippen molar-refractivity contribution >= 4 is 17.7 Å². The Kier molecular flexibility index (Phi) is 6.33. The van der Waals surface area contributed by atoms with Crippen molar-refractivity contribution in [3.63, 3.8) is 0 Å². The predicted octanol–water partition coefficient (Wildman–Crippen LogP) is 2.24. The Morgan fingerprint density at radius 3 is 2.52 bits per heavy atom. The fourth-order valence-electron chi connectivity index (χ4n) is 2.60. The van der Waals surface area contributed by atoms with E-state index in [1.807, 2.05) is 6.07 Å². The third-order valence-corrected chi connectivity index (χ3v) is 4.20. The zero-order chi connectivity index (χ0) is 20.8. The topological polar surface area (TPSA) is 100 Å². The van der Waals surface area contributed by atoms with Crippen molar-refractivity contribution < 1.29 is 33.3 Å². The van der Waals surface area contributed by atoms with Gasteiger partial charge in [-0.05, 0) is 55.8 Å². The Bertz CT molecular complexity index is 908. The number of fused-ring (bicyclic) bond motifs is 1. The molecule has 0 aromatic heterocycles. The zero-order valence-electron chi connectivity index (χ0n) is 16.1. The number of ketones is 1. The van der Waals surface area contributed by atoms with Gasteiger partial charge in [-0.15, -0.1) is 0 Å². The van der Waals surface area contributed by atoms with Crippen LogP contribution in [0.5, 0.6) is 17.2 Å². The van der Waals surface area contributed by atoms with Crippen molar-refractivity contribution in [3.05, 3.63) is 53.6 Å². The highest BCUT2D eigenvalue weighted by atomic mass is 16.7. The van der Waals surface area contributed by atoms with Crippen LogP contribution in [0.25, 0.3) is 0 Å². The zero-order valence-corrected chi connectivity index (χ0v) is 16.1. The first-order valence-corrected chi connectivity index (χ1v) is 9.02. The molecular weight excluding hydrogens is 378 g/mol. The minimum Gasteiger partial charge on any atom is -0.482 e. The lowest BCUT2D eigenvalue weighted by Gasteiger charge is -2.14. The highest BCUT2D eigenvalue weighted by Crippen LogP contribution is 2.32. The molecule has 8 nitrogen and oxygen atoms in total. The number of esters is 1. The molecule has 1 amide bonds. The summed E-state index contributed by atoms with van der Waals surface area (Å²) in [5, 5.41) is 2.70. The van der Waals surface area contributed by atoms with Gasteiger partial charge in [-0.3, -0.25) is 9.59 Å². The number of benzene rings is 2. The van der Waals surface area contributed by atoms with Gasteiger partial charge in [0.05, 0.1) is 0 Å². The van der Waals surface area contributed by atoms with Crippen molar-refractivity contribution in [1.29, 1.82) is 0 Å². The van der Waals surface area contributed by atoms with Crippen LogP contribution in [0.15, 0.2) is 42.5 Å². The average molecular weight is 399 g/mol. The first kappa shape index (κ1) is 20.2. The van der Waals surface area contributed by atoms with Gasteiger partial charge in [-0.25, -0.2) is 4.79 Å². The van der Waals surface area contributed by atoms with Crippen LogP contribution in [-0.2, 0) is 20.9 Å². The quantitative estimate of drug-likeness (QED) is 0.537. The maximum atomic E-state index is 12.1. The molecule has 2 aromatic rings. The summed E-state index contributed by atoms with van der Waals surface area (Å²) in [6.45, 7) is 3.04. The second-order valence-corrected chi connectivity index (χ2v) is 6.41. The minimum atomic E-state index is -0.972. The molecule has 0 fully saturated rings. The van der Waals surface area contributed by atoms with E-state index in [1.54, 1.807) is 36.4 Å². The van der Waals surface area contributed by atoms with Gasteiger partial charge in [0.1, 0.15) is 5.75 Å². The van der Waals surface area contributed by atoms with Crippen LogP contribution < -0.4 is 19.5 Å². The minimum absolute atomic E-state index is 0.0588. The number of rotatable bonds is 8. The van der Waals surface area contributed by atoms with E-state index in [-0.39, 0.29) is 25.7 Å². The van der Waals surface area contributed by atoms with Gasteiger partial charge in [-0.1, -0.05) is 6.07 Å². The molecule has 1 heterocycles. The molecule has 0 unspecified atom stereocenters. The molecule has 0 bridgehead atoms. The summed E-state index contributed by atoms with van der Waals surface area (Å²) < 4.78 is 20.9. The van der Waals surface area contributed by atoms with Crippen molar-refractivity contribution in [2.45, 2.75) is 26.5 Å². The van der Waals surface area contributed by atoms with E-state index in [1.165, 1.54) is 13.8 Å². The molecule has 0 saturated heterocycles. The Labute approximate surface area is 167 Å². The third kappa shape index (κ3) is 5.47. The molecular formula is C21H21NO7. The second-order valence-electron chi connectivity index (χ2n) is 6.41. The molecule has 3 rings (SSSR count). The maximum Gasteiger partial charge on any atom is 0.344 e. The lowest BCUT2D eigenvalue weighted by molar-refractivity contribution is -0.156. The molecule has 2 aromatic carbocycles. The summed E-state index contributed by atoms with van der Waals surface area (Å²) in [5.41, 5.74) is 1.38. The van der Waals surface area contributed by atoms with Crippen LogP contribution in [0.3, 0.4) is 0 Å². The van der Waals surface area contributed by atoms with Gasteiger partial charge < -0.3 is 24.3 Å². The van der Waals surface area contributed by atoms with E-state index in [0.717, 1.165) is 5.56 Å². The molecule has 1 aliphatic rings. The van der Waals surface area contributed by atoms with Gasteiger partial charge >= 0.3 is 5.97 Å². The summed E-state index contributed by atoms with van der Waals surface area (Å²) in [4.78, 5) is 35.3. The van der Waals surface area contributed by atoms with E-state index in [0.29, 0.717) is 22.8 Å². The van der Waals surface area contributed by atoms with Crippen LogP contribution in [0, 0.1) is 0 Å². The molecule has 0 spiro atoms. The van der Waals surface area contributed by atoms with Crippen LogP contribution in [-0.4, -0.2) is 37.2 Å². The normalized spacial score (nSPS) is 12.8. The number of ether oxygens (including phenoxy) is 4. The molecule has 8 heteroatoms. The molecule has 0 saturated carbocycles. The molecule has 1 atom stereocenters. The van der Waals surface area contributed by atoms with Gasteiger partial charge in [0.15, 0.2) is 30.0 Å². The number of amides is 1. The Balaban J connectivity index is 1.41. The fraction of sp³-hybridized carbons (Fsp3) is 0.286. The molecule has 1 aliphatic heterocycles. The molecule has 1 N–H and O–H groups in total. The highest BCUT2D eigenvalue weighted by Gasteiger charge is 2.19. The van der Waals surface area contributed by atoms with E-state index >= 15 is 0 Å².